The van der Waals surface area contributed by atoms with Gasteiger partial charge in [0.25, 0.3) is 0 Å². The van der Waals surface area contributed by atoms with E-state index in [2.05, 4.69) is 16.6 Å². The lowest BCUT2D eigenvalue weighted by molar-refractivity contribution is -0.134. The second-order valence-electron chi connectivity index (χ2n) is 4.06. The molecule has 0 bridgehead atoms. The molecule has 0 aliphatic heterocycles. The van der Waals surface area contributed by atoms with E-state index in [1.807, 2.05) is 60.7 Å². The van der Waals surface area contributed by atoms with Crippen molar-refractivity contribution in [1.29, 1.82) is 0 Å². The molecule has 0 aliphatic carbocycles. The molecule has 0 radical (unpaired) electrons. The average molecular weight is 262 g/mol. The summed E-state index contributed by atoms with van der Waals surface area (Å²) in [5.74, 6) is 5.66. The van der Waals surface area contributed by atoms with Gasteiger partial charge in [-0.3, -0.25) is 0 Å². The second-order valence-corrected chi connectivity index (χ2v) is 4.06. The first-order chi connectivity index (χ1) is 9.79. The molecule has 2 nitrogen and oxygen atoms in total. The van der Waals surface area contributed by atoms with Crippen molar-refractivity contribution in [2.24, 2.45) is 0 Å². The lowest BCUT2D eigenvalue weighted by Crippen LogP contribution is -1.96. The van der Waals surface area contributed by atoms with Gasteiger partial charge >= 0.3 is 5.97 Å². The van der Waals surface area contributed by atoms with Crippen LogP contribution >= 0.6 is 0 Å². The van der Waals surface area contributed by atoms with E-state index in [1.165, 1.54) is 13.2 Å². The van der Waals surface area contributed by atoms with Gasteiger partial charge in [0, 0.05) is 17.2 Å². The molecule has 2 rings (SSSR count). The van der Waals surface area contributed by atoms with Crippen LogP contribution in [0, 0.1) is 11.8 Å². The molecule has 0 spiro atoms. The van der Waals surface area contributed by atoms with Crippen LogP contribution in [0.15, 0.2) is 66.7 Å². The van der Waals surface area contributed by atoms with Gasteiger partial charge in [-0.05, 0) is 17.7 Å². The van der Waals surface area contributed by atoms with Crippen molar-refractivity contribution < 1.29 is 9.53 Å². The molecule has 0 heterocycles. The molecule has 0 unspecified atom stereocenters. The molecular weight excluding hydrogens is 248 g/mol. The first kappa shape index (κ1) is 13.6. The highest BCUT2D eigenvalue weighted by molar-refractivity contribution is 5.96. The van der Waals surface area contributed by atoms with Gasteiger partial charge in [-0.2, -0.15) is 0 Å². The molecule has 0 amide bonds. The summed E-state index contributed by atoms with van der Waals surface area (Å²) in [5, 5.41) is 0. The highest BCUT2D eigenvalue weighted by Crippen LogP contribution is 2.13. The number of benzene rings is 2. The molecule has 0 aromatic heterocycles. The molecule has 0 fully saturated rings. The molecule has 2 aromatic rings. The van der Waals surface area contributed by atoms with Crippen molar-refractivity contribution in [3.8, 4) is 11.8 Å². The summed E-state index contributed by atoms with van der Waals surface area (Å²) in [6.45, 7) is 0. The van der Waals surface area contributed by atoms with Gasteiger partial charge in [0.1, 0.15) is 0 Å². The van der Waals surface area contributed by atoms with Gasteiger partial charge in [0.15, 0.2) is 0 Å². The van der Waals surface area contributed by atoms with Crippen LogP contribution < -0.4 is 0 Å². The first-order valence-electron chi connectivity index (χ1n) is 6.22. The smallest absolute Gasteiger partial charge is 0.331 e. The van der Waals surface area contributed by atoms with Crippen molar-refractivity contribution in [3.63, 3.8) is 0 Å². The summed E-state index contributed by atoms with van der Waals surface area (Å²) >= 11 is 0. The fourth-order valence-corrected chi connectivity index (χ4v) is 1.65. The largest absolute Gasteiger partial charge is 0.466 e. The summed E-state index contributed by atoms with van der Waals surface area (Å²) in [5.41, 5.74) is 2.43. The molecule has 20 heavy (non-hydrogen) atoms. The lowest BCUT2D eigenvalue weighted by atomic mass is 10.1. The molecule has 0 saturated heterocycles. The van der Waals surface area contributed by atoms with Gasteiger partial charge in [-0.1, -0.05) is 60.4 Å². The van der Waals surface area contributed by atoms with E-state index in [4.69, 9.17) is 0 Å². The monoisotopic (exact) mass is 262 g/mol. The normalized spacial score (nSPS) is 10.3. The fraction of sp³-hybridized carbons (Fsp3) is 0.0556. The Balaban J connectivity index is 2.37. The third kappa shape index (κ3) is 3.86. The van der Waals surface area contributed by atoms with Crippen LogP contribution in [0.1, 0.15) is 11.1 Å². The molecular formula is C18H14O2. The summed E-state index contributed by atoms with van der Waals surface area (Å²) in [4.78, 5) is 11.4. The van der Waals surface area contributed by atoms with Crippen LogP contribution in [-0.4, -0.2) is 13.1 Å². The number of hydrogen-bond donors (Lipinski definition) is 0. The number of rotatable bonds is 2. The fourth-order valence-electron chi connectivity index (χ4n) is 1.65. The van der Waals surface area contributed by atoms with E-state index in [0.29, 0.717) is 5.57 Å². The molecule has 0 saturated carbocycles. The van der Waals surface area contributed by atoms with Crippen molar-refractivity contribution in [2.75, 3.05) is 7.11 Å². The number of esters is 1. The van der Waals surface area contributed by atoms with E-state index in [9.17, 15) is 4.79 Å². The van der Waals surface area contributed by atoms with E-state index in [-0.39, 0.29) is 0 Å². The third-order valence-electron chi connectivity index (χ3n) is 2.66. The third-order valence-corrected chi connectivity index (χ3v) is 2.66. The van der Waals surface area contributed by atoms with Gasteiger partial charge in [0.05, 0.1) is 7.11 Å². The van der Waals surface area contributed by atoms with Gasteiger partial charge in [-0.25, -0.2) is 4.79 Å². The standard InChI is InChI=1S/C18H14O2/c1-20-18(19)14-17(16-10-6-3-7-11-16)13-12-15-8-4-2-5-9-15/h2-11,14H,1H3/b17-14+. The summed E-state index contributed by atoms with van der Waals surface area (Å²) in [6.07, 6.45) is 1.41. The van der Waals surface area contributed by atoms with E-state index < -0.39 is 5.97 Å². The zero-order valence-electron chi connectivity index (χ0n) is 11.2. The number of methoxy groups -OCH3 is 1. The van der Waals surface area contributed by atoms with Crippen molar-refractivity contribution in [2.45, 2.75) is 0 Å². The maximum Gasteiger partial charge on any atom is 0.331 e. The van der Waals surface area contributed by atoms with Crippen LogP contribution in [0.25, 0.3) is 5.57 Å². The van der Waals surface area contributed by atoms with Crippen LogP contribution in [0.3, 0.4) is 0 Å². The molecule has 0 aliphatic rings. The highest BCUT2D eigenvalue weighted by atomic mass is 16.5. The zero-order valence-corrected chi connectivity index (χ0v) is 11.2. The second kappa shape index (κ2) is 6.96. The minimum absolute atomic E-state index is 0.411. The van der Waals surface area contributed by atoms with Crippen LogP contribution in [0.5, 0.6) is 0 Å². The average Bonchev–Trinajstić information content (AvgIpc) is 2.53. The van der Waals surface area contributed by atoms with Crippen molar-refractivity contribution >= 4 is 11.5 Å². The Morgan fingerprint density at radius 3 is 2.20 bits per heavy atom. The van der Waals surface area contributed by atoms with Crippen LogP contribution in [-0.2, 0) is 9.53 Å². The summed E-state index contributed by atoms with van der Waals surface area (Å²) in [7, 11) is 1.35. The number of hydrogen-bond acceptors (Lipinski definition) is 2. The Bertz CT molecular complexity index is 659. The quantitative estimate of drug-likeness (QED) is 0.471. The minimum atomic E-state index is -0.411. The van der Waals surface area contributed by atoms with E-state index in [1.54, 1.807) is 0 Å². The molecule has 0 N–H and O–H groups in total. The Morgan fingerprint density at radius 2 is 1.60 bits per heavy atom. The SMILES string of the molecule is COC(=O)/C=C(\C#Cc1ccccc1)c1ccccc1. The molecule has 2 aromatic carbocycles. The number of carbonyl (C=O) groups excluding carboxylic acids is 1. The van der Waals surface area contributed by atoms with Crippen molar-refractivity contribution in [1.82, 2.24) is 0 Å². The molecule has 0 atom stereocenters. The highest BCUT2D eigenvalue weighted by Gasteiger charge is 2.01. The predicted octanol–water partition coefficient (Wildman–Crippen LogP) is 3.29. The Hall–Kier alpha value is -2.79. The molecule has 98 valence electrons. The van der Waals surface area contributed by atoms with Gasteiger partial charge in [-0.15, -0.1) is 0 Å². The first-order valence-corrected chi connectivity index (χ1v) is 6.22. The summed E-state index contributed by atoms with van der Waals surface area (Å²) in [6, 6.07) is 19.2. The zero-order chi connectivity index (χ0) is 14.2. The van der Waals surface area contributed by atoms with Crippen molar-refractivity contribution in [3.05, 3.63) is 77.9 Å². The number of carbonyl (C=O) groups is 1. The minimum Gasteiger partial charge on any atom is -0.466 e. The van der Waals surface area contributed by atoms with E-state index in [0.717, 1.165) is 11.1 Å². The topological polar surface area (TPSA) is 26.3 Å². The Kier molecular flexibility index (Phi) is 4.75. The number of ether oxygens (including phenoxy) is 1. The van der Waals surface area contributed by atoms with Gasteiger partial charge in [0.2, 0.25) is 0 Å². The summed E-state index contributed by atoms with van der Waals surface area (Å²) < 4.78 is 4.67. The Morgan fingerprint density at radius 1 is 1.00 bits per heavy atom. The van der Waals surface area contributed by atoms with Crippen LogP contribution in [0.2, 0.25) is 0 Å². The number of allylic oxidation sites excluding steroid dienone is 1. The maximum atomic E-state index is 11.4. The van der Waals surface area contributed by atoms with Gasteiger partial charge < -0.3 is 4.74 Å². The van der Waals surface area contributed by atoms with E-state index >= 15 is 0 Å². The maximum absolute atomic E-state index is 11.4. The Labute approximate surface area is 118 Å². The predicted molar refractivity (Wildman–Crippen MR) is 79.8 cm³/mol. The van der Waals surface area contributed by atoms with Crippen LogP contribution in [0.4, 0.5) is 0 Å². The lowest BCUT2D eigenvalue weighted by Gasteiger charge is -1.99. The molecule has 2 heteroatoms.